The van der Waals surface area contributed by atoms with Crippen molar-refractivity contribution < 1.29 is 9.18 Å². The summed E-state index contributed by atoms with van der Waals surface area (Å²) in [7, 11) is 0. The lowest BCUT2D eigenvalue weighted by Gasteiger charge is -2.07. The Labute approximate surface area is 144 Å². The van der Waals surface area contributed by atoms with Crippen molar-refractivity contribution in [3.05, 3.63) is 83.8 Å². The molecule has 0 bridgehead atoms. The molecule has 3 aromatic rings. The minimum absolute atomic E-state index is 0.165. The van der Waals surface area contributed by atoms with Gasteiger partial charge in [-0.25, -0.2) is 4.39 Å². The molecule has 0 saturated heterocycles. The molecule has 6 heteroatoms. The maximum atomic E-state index is 13.1. The Hall–Kier alpha value is -3.28. The fourth-order valence-corrected chi connectivity index (χ4v) is 2.29. The van der Waals surface area contributed by atoms with Gasteiger partial charge < -0.3 is 10.6 Å². The van der Waals surface area contributed by atoms with Gasteiger partial charge in [0.25, 0.3) is 5.91 Å². The molecule has 0 fully saturated rings. The van der Waals surface area contributed by atoms with Crippen LogP contribution in [0.1, 0.15) is 16.1 Å². The summed E-state index contributed by atoms with van der Waals surface area (Å²) < 4.78 is 13.1. The third kappa shape index (κ3) is 4.84. The third-order valence-electron chi connectivity index (χ3n) is 3.54. The van der Waals surface area contributed by atoms with E-state index in [2.05, 4.69) is 33.0 Å². The Morgan fingerprint density at radius 2 is 1.80 bits per heavy atom. The van der Waals surface area contributed by atoms with Crippen molar-refractivity contribution in [1.29, 1.82) is 0 Å². The zero-order valence-electron chi connectivity index (χ0n) is 13.4. The van der Waals surface area contributed by atoms with Gasteiger partial charge in [0.1, 0.15) is 11.6 Å². The van der Waals surface area contributed by atoms with E-state index in [4.69, 9.17) is 0 Å². The number of rotatable bonds is 6. The lowest BCUT2D eigenvalue weighted by Crippen LogP contribution is -2.15. The van der Waals surface area contributed by atoms with Crippen molar-refractivity contribution in [3.63, 3.8) is 0 Å². The zero-order chi connectivity index (χ0) is 17.5. The molecule has 5 nitrogen and oxygen atoms in total. The third-order valence-corrected chi connectivity index (χ3v) is 3.54. The van der Waals surface area contributed by atoms with Crippen molar-refractivity contribution in [1.82, 2.24) is 10.2 Å². The molecule has 3 rings (SSSR count). The van der Waals surface area contributed by atoms with Gasteiger partial charge in [0.05, 0.1) is 0 Å². The van der Waals surface area contributed by atoms with Crippen molar-refractivity contribution >= 4 is 17.4 Å². The predicted octanol–water partition coefficient (Wildman–Crippen LogP) is 3.52. The number of aromatic nitrogens is 2. The van der Waals surface area contributed by atoms with Crippen LogP contribution in [0.4, 0.5) is 15.9 Å². The van der Waals surface area contributed by atoms with Crippen molar-refractivity contribution in [2.45, 2.75) is 6.42 Å². The van der Waals surface area contributed by atoms with Gasteiger partial charge in [-0.3, -0.25) is 4.79 Å². The van der Waals surface area contributed by atoms with Crippen LogP contribution in [-0.4, -0.2) is 22.6 Å². The van der Waals surface area contributed by atoms with E-state index in [1.165, 1.54) is 23.8 Å². The van der Waals surface area contributed by atoms with E-state index >= 15 is 0 Å². The molecule has 25 heavy (non-hydrogen) atoms. The standard InChI is InChI=1S/C19H17FN4O/c20-15-7-4-8-16(13-15)22-19(25)17-9-10-18(24-23-17)21-12-11-14-5-2-1-3-6-14/h1-10,13H,11-12H2,(H,21,24)(H,22,25). The smallest absolute Gasteiger partial charge is 0.276 e. The van der Waals surface area contributed by atoms with Gasteiger partial charge in [-0.05, 0) is 42.3 Å². The molecule has 1 aromatic heterocycles. The fourth-order valence-electron chi connectivity index (χ4n) is 2.29. The first kappa shape index (κ1) is 16.6. The van der Waals surface area contributed by atoms with E-state index in [1.54, 1.807) is 18.2 Å². The topological polar surface area (TPSA) is 66.9 Å². The molecule has 126 valence electrons. The Kier molecular flexibility index (Phi) is 5.31. The van der Waals surface area contributed by atoms with Crippen LogP contribution in [0.15, 0.2) is 66.7 Å². The lowest BCUT2D eigenvalue weighted by molar-refractivity contribution is 0.102. The summed E-state index contributed by atoms with van der Waals surface area (Å²) in [5, 5.41) is 13.6. The van der Waals surface area contributed by atoms with E-state index in [0.29, 0.717) is 18.1 Å². The van der Waals surface area contributed by atoms with Crippen molar-refractivity contribution in [2.24, 2.45) is 0 Å². The second-order valence-electron chi connectivity index (χ2n) is 5.43. The molecule has 0 radical (unpaired) electrons. The van der Waals surface area contributed by atoms with Crippen molar-refractivity contribution in [3.8, 4) is 0 Å². The average molecular weight is 336 g/mol. The van der Waals surface area contributed by atoms with Gasteiger partial charge in [-0.2, -0.15) is 0 Å². The van der Waals surface area contributed by atoms with E-state index in [0.717, 1.165) is 6.42 Å². The largest absolute Gasteiger partial charge is 0.368 e. The van der Waals surface area contributed by atoms with Crippen LogP contribution in [0.5, 0.6) is 0 Å². The monoisotopic (exact) mass is 336 g/mol. The maximum Gasteiger partial charge on any atom is 0.276 e. The molecule has 0 spiro atoms. The SMILES string of the molecule is O=C(Nc1cccc(F)c1)c1ccc(NCCc2ccccc2)nn1. The molecular formula is C19H17FN4O. The van der Waals surface area contributed by atoms with E-state index in [1.807, 2.05) is 18.2 Å². The number of hydrogen-bond donors (Lipinski definition) is 2. The number of nitrogens with one attached hydrogen (secondary N) is 2. The van der Waals surface area contributed by atoms with Gasteiger partial charge >= 0.3 is 0 Å². The number of nitrogens with zero attached hydrogens (tertiary/aromatic N) is 2. The van der Waals surface area contributed by atoms with E-state index in [-0.39, 0.29) is 5.69 Å². The van der Waals surface area contributed by atoms with Crippen LogP contribution in [0.25, 0.3) is 0 Å². The molecule has 2 N–H and O–H groups in total. The highest BCUT2D eigenvalue weighted by Gasteiger charge is 2.09. The predicted molar refractivity (Wildman–Crippen MR) is 95.0 cm³/mol. The number of benzene rings is 2. The molecule has 1 heterocycles. The molecule has 2 aromatic carbocycles. The molecule has 0 saturated carbocycles. The number of halogens is 1. The first-order valence-electron chi connectivity index (χ1n) is 7.89. The zero-order valence-corrected chi connectivity index (χ0v) is 13.4. The number of amides is 1. The van der Waals surface area contributed by atoms with E-state index < -0.39 is 11.7 Å². The normalized spacial score (nSPS) is 10.3. The summed E-state index contributed by atoms with van der Waals surface area (Å²) in [5.41, 5.74) is 1.77. The molecule has 0 unspecified atom stereocenters. The Morgan fingerprint density at radius 3 is 2.52 bits per heavy atom. The summed E-state index contributed by atoms with van der Waals surface area (Å²) in [5.74, 6) is -0.256. The summed E-state index contributed by atoms with van der Waals surface area (Å²) in [4.78, 5) is 12.1. The fraction of sp³-hybridized carbons (Fsp3) is 0.105. The minimum atomic E-state index is -0.436. The number of carbonyl (C=O) groups is 1. The summed E-state index contributed by atoms with van der Waals surface area (Å²) in [6, 6.07) is 19.1. The second kappa shape index (κ2) is 8.01. The van der Waals surface area contributed by atoms with Crippen LogP contribution >= 0.6 is 0 Å². The first-order valence-corrected chi connectivity index (χ1v) is 7.89. The van der Waals surface area contributed by atoms with Gasteiger partial charge in [0, 0.05) is 12.2 Å². The minimum Gasteiger partial charge on any atom is -0.368 e. The van der Waals surface area contributed by atoms with Crippen LogP contribution in [0.2, 0.25) is 0 Å². The molecule has 0 aliphatic carbocycles. The quantitative estimate of drug-likeness (QED) is 0.723. The summed E-state index contributed by atoms with van der Waals surface area (Å²) in [6.07, 6.45) is 0.865. The van der Waals surface area contributed by atoms with Crippen LogP contribution in [0.3, 0.4) is 0 Å². The molecule has 0 aliphatic rings. The second-order valence-corrected chi connectivity index (χ2v) is 5.43. The number of carbonyl (C=O) groups excluding carboxylic acids is 1. The Bertz CT molecular complexity index is 838. The van der Waals surface area contributed by atoms with Crippen molar-refractivity contribution in [2.75, 3.05) is 17.2 Å². The highest BCUT2D eigenvalue weighted by molar-refractivity contribution is 6.02. The highest BCUT2D eigenvalue weighted by atomic mass is 19.1. The molecule has 0 atom stereocenters. The number of hydrogen-bond acceptors (Lipinski definition) is 4. The number of anilines is 2. The maximum absolute atomic E-state index is 13.1. The Morgan fingerprint density at radius 1 is 0.960 bits per heavy atom. The Balaban J connectivity index is 1.53. The van der Waals surface area contributed by atoms with Gasteiger partial charge in [-0.1, -0.05) is 36.4 Å². The van der Waals surface area contributed by atoms with Crippen LogP contribution in [-0.2, 0) is 6.42 Å². The molecule has 1 amide bonds. The van der Waals surface area contributed by atoms with Gasteiger partial charge in [0.15, 0.2) is 5.69 Å². The first-order chi connectivity index (χ1) is 12.2. The highest BCUT2D eigenvalue weighted by Crippen LogP contribution is 2.11. The van der Waals surface area contributed by atoms with Gasteiger partial charge in [0.2, 0.25) is 0 Å². The summed E-state index contributed by atoms with van der Waals surface area (Å²) >= 11 is 0. The molecular weight excluding hydrogens is 319 g/mol. The average Bonchev–Trinajstić information content (AvgIpc) is 2.63. The van der Waals surface area contributed by atoms with E-state index in [9.17, 15) is 9.18 Å². The van der Waals surface area contributed by atoms with Crippen LogP contribution in [0, 0.1) is 5.82 Å². The lowest BCUT2D eigenvalue weighted by atomic mass is 10.1. The van der Waals surface area contributed by atoms with Gasteiger partial charge in [-0.15, -0.1) is 10.2 Å². The van der Waals surface area contributed by atoms with Crippen LogP contribution < -0.4 is 10.6 Å². The summed E-state index contributed by atoms with van der Waals surface area (Å²) in [6.45, 7) is 0.716. The molecule has 0 aliphatic heterocycles.